The molecule has 1 fully saturated rings. The van der Waals surface area contributed by atoms with Gasteiger partial charge in [-0.3, -0.25) is 4.79 Å². The van der Waals surface area contributed by atoms with Gasteiger partial charge in [0.2, 0.25) is 0 Å². The number of aromatic nitrogens is 2. The Morgan fingerprint density at radius 2 is 2.41 bits per heavy atom. The van der Waals surface area contributed by atoms with E-state index in [1.807, 2.05) is 0 Å². The lowest BCUT2D eigenvalue weighted by atomic mass is 10.0. The van der Waals surface area contributed by atoms with E-state index in [0.29, 0.717) is 12.5 Å². The third-order valence-corrected chi connectivity index (χ3v) is 3.44. The summed E-state index contributed by atoms with van der Waals surface area (Å²) >= 11 is 5.86. The van der Waals surface area contributed by atoms with Gasteiger partial charge in [-0.15, -0.1) is 0 Å². The smallest absolute Gasteiger partial charge is 0.271 e. The predicted octanol–water partition coefficient (Wildman–Crippen LogP) is 0.987. The van der Waals surface area contributed by atoms with Gasteiger partial charge in [0.25, 0.3) is 5.91 Å². The SMILES string of the molecule is NC[C@H]1CCC[C@H]1NC(=O)c1ncncc1Cl. The first-order valence-corrected chi connectivity index (χ1v) is 6.06. The van der Waals surface area contributed by atoms with Crippen molar-refractivity contribution in [2.24, 2.45) is 11.7 Å². The van der Waals surface area contributed by atoms with Gasteiger partial charge in [0.15, 0.2) is 0 Å². The van der Waals surface area contributed by atoms with E-state index in [4.69, 9.17) is 17.3 Å². The first-order valence-electron chi connectivity index (χ1n) is 5.68. The van der Waals surface area contributed by atoms with Crippen molar-refractivity contribution in [3.63, 3.8) is 0 Å². The van der Waals surface area contributed by atoms with Gasteiger partial charge in [0.05, 0.1) is 5.02 Å². The van der Waals surface area contributed by atoms with Crippen LogP contribution in [0.15, 0.2) is 12.5 Å². The van der Waals surface area contributed by atoms with Crippen molar-refractivity contribution in [2.75, 3.05) is 6.54 Å². The van der Waals surface area contributed by atoms with E-state index in [9.17, 15) is 4.79 Å². The summed E-state index contributed by atoms with van der Waals surface area (Å²) in [5.41, 5.74) is 5.89. The molecule has 17 heavy (non-hydrogen) atoms. The Morgan fingerprint density at radius 3 is 3.12 bits per heavy atom. The Hall–Kier alpha value is -1.20. The Bertz CT molecular complexity index is 412. The predicted molar refractivity (Wildman–Crippen MR) is 64.7 cm³/mol. The van der Waals surface area contributed by atoms with Crippen LogP contribution in [0, 0.1) is 5.92 Å². The quantitative estimate of drug-likeness (QED) is 0.843. The Kier molecular flexibility index (Phi) is 3.91. The molecule has 3 N–H and O–H groups in total. The van der Waals surface area contributed by atoms with Crippen LogP contribution in [-0.4, -0.2) is 28.5 Å². The highest BCUT2D eigenvalue weighted by molar-refractivity contribution is 6.33. The molecule has 92 valence electrons. The topological polar surface area (TPSA) is 80.9 Å². The van der Waals surface area contributed by atoms with Crippen molar-refractivity contribution < 1.29 is 4.79 Å². The van der Waals surface area contributed by atoms with Crippen LogP contribution in [0.2, 0.25) is 5.02 Å². The fraction of sp³-hybridized carbons (Fsp3) is 0.545. The minimum atomic E-state index is -0.247. The average molecular weight is 255 g/mol. The van der Waals surface area contributed by atoms with Crippen molar-refractivity contribution in [2.45, 2.75) is 25.3 Å². The molecule has 2 atom stereocenters. The number of nitrogens with two attached hydrogens (primary N) is 1. The zero-order chi connectivity index (χ0) is 12.3. The molecule has 1 aliphatic carbocycles. The highest BCUT2D eigenvalue weighted by atomic mass is 35.5. The summed E-state index contributed by atoms with van der Waals surface area (Å²) in [4.78, 5) is 19.6. The summed E-state index contributed by atoms with van der Waals surface area (Å²) in [6, 6.07) is 0.138. The van der Waals surface area contributed by atoms with Gasteiger partial charge in [-0.1, -0.05) is 18.0 Å². The summed E-state index contributed by atoms with van der Waals surface area (Å²) in [5, 5.41) is 3.21. The van der Waals surface area contributed by atoms with Crippen LogP contribution in [0.5, 0.6) is 0 Å². The highest BCUT2D eigenvalue weighted by Crippen LogP contribution is 2.25. The van der Waals surface area contributed by atoms with Crippen molar-refractivity contribution in [1.82, 2.24) is 15.3 Å². The maximum Gasteiger partial charge on any atom is 0.271 e. The summed E-state index contributed by atoms with van der Waals surface area (Å²) in [6.07, 6.45) is 5.87. The number of hydrogen-bond donors (Lipinski definition) is 2. The molecule has 0 radical (unpaired) electrons. The highest BCUT2D eigenvalue weighted by Gasteiger charge is 2.28. The minimum Gasteiger partial charge on any atom is -0.348 e. The van der Waals surface area contributed by atoms with Gasteiger partial charge in [-0.25, -0.2) is 9.97 Å². The van der Waals surface area contributed by atoms with Crippen LogP contribution < -0.4 is 11.1 Å². The second-order valence-corrected chi connectivity index (χ2v) is 4.63. The molecule has 2 rings (SSSR count). The molecule has 1 saturated carbocycles. The summed E-state index contributed by atoms with van der Waals surface area (Å²) in [6.45, 7) is 0.600. The number of halogens is 1. The summed E-state index contributed by atoms with van der Waals surface area (Å²) in [7, 11) is 0. The molecular weight excluding hydrogens is 240 g/mol. The molecule has 0 aliphatic heterocycles. The van der Waals surface area contributed by atoms with E-state index < -0.39 is 0 Å². The number of nitrogens with zero attached hydrogens (tertiary/aromatic N) is 2. The van der Waals surface area contributed by atoms with Crippen LogP contribution >= 0.6 is 11.6 Å². The van der Waals surface area contributed by atoms with Crippen molar-refractivity contribution in [1.29, 1.82) is 0 Å². The van der Waals surface area contributed by atoms with Crippen molar-refractivity contribution in [3.05, 3.63) is 23.2 Å². The molecule has 1 aromatic rings. The third-order valence-electron chi connectivity index (χ3n) is 3.16. The lowest BCUT2D eigenvalue weighted by molar-refractivity contribution is 0.0923. The first-order chi connectivity index (χ1) is 8.22. The molecule has 1 aliphatic rings. The fourth-order valence-corrected chi connectivity index (χ4v) is 2.42. The van der Waals surface area contributed by atoms with Crippen molar-refractivity contribution in [3.8, 4) is 0 Å². The number of hydrogen-bond acceptors (Lipinski definition) is 4. The Balaban J connectivity index is 2.04. The van der Waals surface area contributed by atoms with E-state index in [1.54, 1.807) is 0 Å². The molecule has 1 heterocycles. The zero-order valence-electron chi connectivity index (χ0n) is 9.40. The maximum atomic E-state index is 12.0. The monoisotopic (exact) mass is 254 g/mol. The standard InChI is InChI=1S/C11H15ClN4O/c12-8-5-14-6-15-10(8)11(17)16-9-3-1-2-7(9)4-13/h5-7,9H,1-4,13H2,(H,16,17)/t7-,9-/m1/s1. The fourth-order valence-electron chi connectivity index (χ4n) is 2.23. The Labute approximate surface area is 105 Å². The zero-order valence-corrected chi connectivity index (χ0v) is 10.2. The van der Waals surface area contributed by atoms with Crippen LogP contribution in [0.4, 0.5) is 0 Å². The molecule has 0 unspecified atom stereocenters. The van der Waals surface area contributed by atoms with Gasteiger partial charge < -0.3 is 11.1 Å². The molecule has 0 bridgehead atoms. The van der Waals surface area contributed by atoms with Crippen LogP contribution in [0.3, 0.4) is 0 Å². The lowest BCUT2D eigenvalue weighted by Crippen LogP contribution is -2.40. The first kappa shape index (κ1) is 12.3. The molecule has 0 aromatic carbocycles. The van der Waals surface area contributed by atoms with Gasteiger partial charge in [-0.05, 0) is 25.3 Å². The van der Waals surface area contributed by atoms with Crippen LogP contribution in [0.1, 0.15) is 29.8 Å². The molecule has 1 aromatic heterocycles. The van der Waals surface area contributed by atoms with Crippen LogP contribution in [0.25, 0.3) is 0 Å². The minimum absolute atomic E-state index is 0.138. The number of amides is 1. The van der Waals surface area contributed by atoms with E-state index >= 15 is 0 Å². The second kappa shape index (κ2) is 5.42. The molecule has 0 saturated heterocycles. The number of carbonyl (C=O) groups is 1. The van der Waals surface area contributed by atoms with Gasteiger partial charge in [0.1, 0.15) is 12.0 Å². The second-order valence-electron chi connectivity index (χ2n) is 4.23. The van der Waals surface area contributed by atoms with E-state index in [-0.39, 0.29) is 22.7 Å². The van der Waals surface area contributed by atoms with E-state index in [2.05, 4.69) is 15.3 Å². The molecule has 5 nitrogen and oxygen atoms in total. The average Bonchev–Trinajstić information content (AvgIpc) is 2.76. The molecular formula is C11H15ClN4O. The number of carbonyl (C=O) groups excluding carboxylic acids is 1. The van der Waals surface area contributed by atoms with Gasteiger partial charge in [-0.2, -0.15) is 0 Å². The lowest BCUT2D eigenvalue weighted by Gasteiger charge is -2.19. The number of rotatable bonds is 3. The molecule has 6 heteroatoms. The van der Waals surface area contributed by atoms with Gasteiger partial charge >= 0.3 is 0 Å². The maximum absolute atomic E-state index is 12.0. The van der Waals surface area contributed by atoms with Gasteiger partial charge in [0, 0.05) is 12.2 Å². The summed E-state index contributed by atoms with van der Waals surface area (Å²) in [5.74, 6) is 0.113. The van der Waals surface area contributed by atoms with E-state index in [0.717, 1.165) is 19.3 Å². The molecule has 1 amide bonds. The summed E-state index contributed by atoms with van der Waals surface area (Å²) < 4.78 is 0. The van der Waals surface area contributed by atoms with Crippen LogP contribution in [-0.2, 0) is 0 Å². The molecule has 0 spiro atoms. The number of nitrogens with one attached hydrogen (secondary N) is 1. The Morgan fingerprint density at radius 1 is 1.59 bits per heavy atom. The normalized spacial score (nSPS) is 23.6. The van der Waals surface area contributed by atoms with Crippen molar-refractivity contribution >= 4 is 17.5 Å². The van der Waals surface area contributed by atoms with E-state index in [1.165, 1.54) is 12.5 Å². The third kappa shape index (κ3) is 2.73. The largest absolute Gasteiger partial charge is 0.348 e.